The summed E-state index contributed by atoms with van der Waals surface area (Å²) in [5.41, 5.74) is 2.33. The number of likely N-dealkylation sites (N-methyl/N-ethyl adjacent to an activating group) is 1. The SMILES string of the molecule is CCNC(Cc1ccc(F)cc1C)CC1(OC)CCC1. The van der Waals surface area contributed by atoms with Crippen molar-refractivity contribution in [2.24, 2.45) is 0 Å². The van der Waals surface area contributed by atoms with Gasteiger partial charge >= 0.3 is 0 Å². The predicted molar refractivity (Wildman–Crippen MR) is 80.5 cm³/mol. The van der Waals surface area contributed by atoms with Crippen LogP contribution < -0.4 is 5.32 Å². The second kappa shape index (κ2) is 6.68. The van der Waals surface area contributed by atoms with Gasteiger partial charge in [-0.15, -0.1) is 0 Å². The van der Waals surface area contributed by atoms with Crippen LogP contribution in [-0.2, 0) is 11.2 Å². The number of ether oxygens (including phenoxy) is 1. The van der Waals surface area contributed by atoms with E-state index in [4.69, 9.17) is 4.74 Å². The van der Waals surface area contributed by atoms with E-state index in [0.29, 0.717) is 6.04 Å². The Morgan fingerprint density at radius 1 is 1.40 bits per heavy atom. The van der Waals surface area contributed by atoms with E-state index in [9.17, 15) is 4.39 Å². The Morgan fingerprint density at radius 3 is 2.65 bits per heavy atom. The van der Waals surface area contributed by atoms with Gasteiger partial charge < -0.3 is 10.1 Å². The van der Waals surface area contributed by atoms with Crippen LogP contribution >= 0.6 is 0 Å². The summed E-state index contributed by atoms with van der Waals surface area (Å²) < 4.78 is 18.9. The molecule has 2 rings (SSSR count). The zero-order chi connectivity index (χ0) is 14.6. The highest BCUT2D eigenvalue weighted by atomic mass is 19.1. The molecule has 1 aromatic carbocycles. The lowest BCUT2D eigenvalue weighted by Crippen LogP contribution is -2.46. The monoisotopic (exact) mass is 279 g/mol. The number of rotatable bonds is 7. The first-order chi connectivity index (χ1) is 9.58. The molecular formula is C17H26FNO. The molecule has 0 aromatic heterocycles. The molecule has 1 atom stereocenters. The molecule has 1 saturated carbocycles. The molecule has 20 heavy (non-hydrogen) atoms. The highest BCUT2D eigenvalue weighted by molar-refractivity contribution is 5.27. The van der Waals surface area contributed by atoms with Gasteiger partial charge in [-0.1, -0.05) is 13.0 Å². The summed E-state index contributed by atoms with van der Waals surface area (Å²) in [6, 6.07) is 5.48. The largest absolute Gasteiger partial charge is 0.378 e. The quantitative estimate of drug-likeness (QED) is 0.823. The second-order valence-corrected chi connectivity index (χ2v) is 5.97. The fourth-order valence-corrected chi connectivity index (χ4v) is 3.17. The lowest BCUT2D eigenvalue weighted by Gasteiger charge is -2.43. The van der Waals surface area contributed by atoms with Crippen molar-refractivity contribution < 1.29 is 9.13 Å². The molecule has 1 aliphatic carbocycles. The molecule has 0 radical (unpaired) electrons. The van der Waals surface area contributed by atoms with Crippen LogP contribution in [0.15, 0.2) is 18.2 Å². The summed E-state index contributed by atoms with van der Waals surface area (Å²) in [6.07, 6.45) is 5.56. The summed E-state index contributed by atoms with van der Waals surface area (Å²) in [5, 5.41) is 3.56. The van der Waals surface area contributed by atoms with Gasteiger partial charge in [-0.05, 0) is 68.8 Å². The van der Waals surface area contributed by atoms with E-state index >= 15 is 0 Å². The van der Waals surface area contributed by atoms with Gasteiger partial charge in [0.05, 0.1) is 5.60 Å². The van der Waals surface area contributed by atoms with E-state index in [2.05, 4.69) is 12.2 Å². The summed E-state index contributed by atoms with van der Waals surface area (Å²) >= 11 is 0. The maximum atomic E-state index is 13.2. The molecule has 0 spiro atoms. The third-order valence-electron chi connectivity index (χ3n) is 4.58. The van der Waals surface area contributed by atoms with Crippen molar-refractivity contribution in [1.29, 1.82) is 0 Å². The minimum atomic E-state index is -0.154. The van der Waals surface area contributed by atoms with Gasteiger partial charge in [0.2, 0.25) is 0 Å². The molecule has 1 aliphatic rings. The van der Waals surface area contributed by atoms with Crippen LogP contribution in [0.1, 0.15) is 43.7 Å². The lowest BCUT2D eigenvalue weighted by atomic mass is 9.74. The minimum Gasteiger partial charge on any atom is -0.378 e. The van der Waals surface area contributed by atoms with E-state index in [1.807, 2.05) is 20.1 Å². The van der Waals surface area contributed by atoms with Crippen molar-refractivity contribution in [3.63, 3.8) is 0 Å². The average molecular weight is 279 g/mol. The Balaban J connectivity index is 2.04. The first-order valence-corrected chi connectivity index (χ1v) is 7.62. The molecule has 1 fully saturated rings. The molecule has 112 valence electrons. The zero-order valence-electron chi connectivity index (χ0n) is 12.8. The molecule has 2 nitrogen and oxygen atoms in total. The standard InChI is InChI=1S/C17H26FNO/c1-4-19-16(12-17(20-3)8-5-9-17)11-14-6-7-15(18)10-13(14)2/h6-7,10,16,19H,4-5,8-9,11-12H2,1-3H3. The smallest absolute Gasteiger partial charge is 0.123 e. The fourth-order valence-electron chi connectivity index (χ4n) is 3.17. The van der Waals surface area contributed by atoms with E-state index < -0.39 is 0 Å². The first kappa shape index (κ1) is 15.5. The molecule has 0 amide bonds. The van der Waals surface area contributed by atoms with Crippen LogP contribution in [0.3, 0.4) is 0 Å². The van der Waals surface area contributed by atoms with E-state index in [1.165, 1.54) is 12.0 Å². The summed E-state index contributed by atoms with van der Waals surface area (Å²) in [5.74, 6) is -0.154. The molecule has 0 aliphatic heterocycles. The average Bonchev–Trinajstić information content (AvgIpc) is 2.37. The van der Waals surface area contributed by atoms with Gasteiger partial charge in [-0.25, -0.2) is 4.39 Å². The normalized spacial score (nSPS) is 18.6. The fraction of sp³-hybridized carbons (Fsp3) is 0.647. The third-order valence-corrected chi connectivity index (χ3v) is 4.58. The molecule has 0 bridgehead atoms. The van der Waals surface area contributed by atoms with Crippen molar-refractivity contribution in [2.45, 2.75) is 57.6 Å². The second-order valence-electron chi connectivity index (χ2n) is 5.97. The molecule has 3 heteroatoms. The van der Waals surface area contributed by atoms with Gasteiger partial charge in [-0.3, -0.25) is 0 Å². The Kier molecular flexibility index (Phi) is 5.17. The Labute approximate surface area is 121 Å². The maximum Gasteiger partial charge on any atom is 0.123 e. The van der Waals surface area contributed by atoms with Crippen LogP contribution in [0.4, 0.5) is 4.39 Å². The number of aryl methyl sites for hydroxylation is 1. The zero-order valence-corrected chi connectivity index (χ0v) is 12.8. The van der Waals surface area contributed by atoms with E-state index in [0.717, 1.165) is 37.8 Å². The van der Waals surface area contributed by atoms with Crippen molar-refractivity contribution in [2.75, 3.05) is 13.7 Å². The van der Waals surface area contributed by atoms with Crippen molar-refractivity contribution in [3.8, 4) is 0 Å². The Hall–Kier alpha value is -0.930. The highest BCUT2D eigenvalue weighted by Crippen LogP contribution is 2.39. The maximum absolute atomic E-state index is 13.2. The number of nitrogens with one attached hydrogen (secondary N) is 1. The topological polar surface area (TPSA) is 21.3 Å². The van der Waals surface area contributed by atoms with Gasteiger partial charge in [0.15, 0.2) is 0 Å². The van der Waals surface area contributed by atoms with Gasteiger partial charge in [0.25, 0.3) is 0 Å². The number of hydrogen-bond donors (Lipinski definition) is 1. The molecule has 0 saturated heterocycles. The van der Waals surface area contributed by atoms with Gasteiger partial charge in [-0.2, -0.15) is 0 Å². The first-order valence-electron chi connectivity index (χ1n) is 7.62. The summed E-state index contributed by atoms with van der Waals surface area (Å²) in [6.45, 7) is 5.06. The molecule has 1 N–H and O–H groups in total. The predicted octanol–water partition coefficient (Wildman–Crippen LogP) is 3.61. The number of benzene rings is 1. The van der Waals surface area contributed by atoms with E-state index in [1.54, 1.807) is 12.1 Å². The summed E-state index contributed by atoms with van der Waals surface area (Å²) in [4.78, 5) is 0. The van der Waals surface area contributed by atoms with Crippen molar-refractivity contribution >= 4 is 0 Å². The van der Waals surface area contributed by atoms with Crippen LogP contribution in [-0.4, -0.2) is 25.3 Å². The molecule has 1 unspecified atom stereocenters. The highest BCUT2D eigenvalue weighted by Gasteiger charge is 2.38. The van der Waals surface area contributed by atoms with Crippen LogP contribution in [0, 0.1) is 12.7 Å². The Morgan fingerprint density at radius 2 is 2.15 bits per heavy atom. The van der Waals surface area contributed by atoms with Crippen LogP contribution in [0.5, 0.6) is 0 Å². The number of halogens is 1. The van der Waals surface area contributed by atoms with Crippen molar-refractivity contribution in [3.05, 3.63) is 35.1 Å². The number of methoxy groups -OCH3 is 1. The van der Waals surface area contributed by atoms with Crippen LogP contribution in [0.25, 0.3) is 0 Å². The lowest BCUT2D eigenvalue weighted by molar-refractivity contribution is -0.0833. The third kappa shape index (κ3) is 3.58. The minimum absolute atomic E-state index is 0.0702. The van der Waals surface area contributed by atoms with Crippen molar-refractivity contribution in [1.82, 2.24) is 5.32 Å². The van der Waals surface area contributed by atoms with E-state index in [-0.39, 0.29) is 11.4 Å². The Bertz CT molecular complexity index is 437. The number of hydrogen-bond acceptors (Lipinski definition) is 2. The molecule has 0 heterocycles. The molecular weight excluding hydrogens is 253 g/mol. The molecule has 1 aromatic rings. The van der Waals surface area contributed by atoms with Crippen LogP contribution in [0.2, 0.25) is 0 Å². The van der Waals surface area contributed by atoms with Gasteiger partial charge in [0, 0.05) is 13.2 Å². The summed E-state index contributed by atoms with van der Waals surface area (Å²) in [7, 11) is 1.82. The van der Waals surface area contributed by atoms with Gasteiger partial charge in [0.1, 0.15) is 5.82 Å².